The number of hydrogen-bond acceptors (Lipinski definition) is 9. The third kappa shape index (κ3) is 4.28. The van der Waals surface area contributed by atoms with Crippen LogP contribution in [0.3, 0.4) is 0 Å². The highest BCUT2D eigenvalue weighted by atomic mass is 32.2. The van der Waals surface area contributed by atoms with Gasteiger partial charge in [0.1, 0.15) is 21.8 Å². The Morgan fingerprint density at radius 1 is 1.43 bits per heavy atom. The van der Waals surface area contributed by atoms with Crippen molar-refractivity contribution in [1.29, 1.82) is 5.26 Å². The summed E-state index contributed by atoms with van der Waals surface area (Å²) < 4.78 is 6.98. The summed E-state index contributed by atoms with van der Waals surface area (Å²) in [7, 11) is 0. The molecule has 28 heavy (non-hydrogen) atoms. The Bertz CT molecular complexity index is 942. The van der Waals surface area contributed by atoms with Crippen LogP contribution in [-0.2, 0) is 21.8 Å². The zero-order valence-electron chi connectivity index (χ0n) is 15.3. The standard InChI is InChI=1S/C17H20N6O3S2/c1-2-26-16(25)13-11(10(7-18)14(20)28-13)8-27-17-22-21-15(9-3-4-9)23(17)6-5-12(19)24/h9H,2-6,8,20H2,1H3,(H2,19,24). The molecule has 2 aromatic heterocycles. The average molecular weight is 421 g/mol. The number of nitriles is 1. The van der Waals surface area contributed by atoms with Crippen LogP contribution in [0.25, 0.3) is 0 Å². The molecule has 0 aliphatic heterocycles. The topological polar surface area (TPSA) is 150 Å². The van der Waals surface area contributed by atoms with Crippen molar-refractivity contribution in [3.05, 3.63) is 21.8 Å². The number of aromatic nitrogens is 3. The van der Waals surface area contributed by atoms with Gasteiger partial charge in [0, 0.05) is 30.2 Å². The molecule has 0 aromatic carbocycles. The van der Waals surface area contributed by atoms with Crippen LogP contribution in [0.15, 0.2) is 5.16 Å². The summed E-state index contributed by atoms with van der Waals surface area (Å²) in [5.74, 6) is 0.624. The molecule has 1 aliphatic carbocycles. The Morgan fingerprint density at radius 2 is 2.18 bits per heavy atom. The zero-order chi connectivity index (χ0) is 20.3. The number of esters is 1. The van der Waals surface area contributed by atoms with Gasteiger partial charge >= 0.3 is 5.97 Å². The summed E-state index contributed by atoms with van der Waals surface area (Å²) in [6.07, 6.45) is 2.28. The van der Waals surface area contributed by atoms with Gasteiger partial charge in [-0.1, -0.05) is 11.8 Å². The molecule has 0 radical (unpaired) electrons. The highest BCUT2D eigenvalue weighted by Gasteiger charge is 2.31. The fourth-order valence-corrected chi connectivity index (χ4v) is 4.75. The van der Waals surface area contributed by atoms with Gasteiger partial charge in [-0.3, -0.25) is 4.79 Å². The van der Waals surface area contributed by atoms with Gasteiger partial charge < -0.3 is 20.8 Å². The van der Waals surface area contributed by atoms with Crippen molar-refractivity contribution in [2.24, 2.45) is 5.73 Å². The van der Waals surface area contributed by atoms with Gasteiger partial charge in [-0.25, -0.2) is 4.79 Å². The van der Waals surface area contributed by atoms with Crippen molar-refractivity contribution in [3.8, 4) is 6.07 Å². The van der Waals surface area contributed by atoms with E-state index in [9.17, 15) is 14.9 Å². The Balaban J connectivity index is 1.85. The fraction of sp³-hybridized carbons (Fsp3) is 0.471. The van der Waals surface area contributed by atoms with E-state index in [4.69, 9.17) is 16.2 Å². The maximum atomic E-state index is 12.2. The first-order chi connectivity index (χ1) is 13.5. The first-order valence-corrected chi connectivity index (χ1v) is 10.6. The van der Waals surface area contributed by atoms with Gasteiger partial charge in [0.25, 0.3) is 0 Å². The molecule has 11 heteroatoms. The summed E-state index contributed by atoms with van der Waals surface area (Å²) in [6.45, 7) is 2.35. The van der Waals surface area contributed by atoms with Crippen molar-refractivity contribution in [2.75, 3.05) is 12.3 Å². The van der Waals surface area contributed by atoms with Crippen LogP contribution >= 0.6 is 23.1 Å². The van der Waals surface area contributed by atoms with Gasteiger partial charge in [-0.05, 0) is 19.8 Å². The lowest BCUT2D eigenvalue weighted by atomic mass is 10.2. The molecule has 3 rings (SSSR count). The van der Waals surface area contributed by atoms with E-state index in [1.807, 2.05) is 4.57 Å². The number of ether oxygens (including phenoxy) is 1. The van der Waals surface area contributed by atoms with E-state index in [1.54, 1.807) is 6.92 Å². The normalized spacial score (nSPS) is 13.3. The predicted octanol–water partition coefficient (Wildman–Crippen LogP) is 2.02. The first kappa shape index (κ1) is 20.2. The van der Waals surface area contributed by atoms with E-state index in [0.717, 1.165) is 30.0 Å². The molecule has 1 amide bonds. The van der Waals surface area contributed by atoms with Gasteiger partial charge in [-0.2, -0.15) is 5.26 Å². The second kappa shape index (κ2) is 8.62. The van der Waals surface area contributed by atoms with Crippen molar-refractivity contribution in [3.63, 3.8) is 0 Å². The monoisotopic (exact) mass is 420 g/mol. The van der Waals surface area contributed by atoms with E-state index in [0.29, 0.717) is 33.8 Å². The molecule has 9 nitrogen and oxygen atoms in total. The second-order valence-electron chi connectivity index (χ2n) is 6.25. The predicted molar refractivity (Wildman–Crippen MR) is 105 cm³/mol. The molecule has 1 aliphatic rings. The van der Waals surface area contributed by atoms with Crippen LogP contribution in [0.4, 0.5) is 5.00 Å². The van der Waals surface area contributed by atoms with Gasteiger partial charge in [0.2, 0.25) is 5.91 Å². The van der Waals surface area contributed by atoms with Crippen LogP contribution in [0, 0.1) is 11.3 Å². The van der Waals surface area contributed by atoms with Crippen molar-refractivity contribution in [1.82, 2.24) is 14.8 Å². The van der Waals surface area contributed by atoms with Gasteiger partial charge in [-0.15, -0.1) is 21.5 Å². The number of amides is 1. The molecule has 4 N–H and O–H groups in total. The molecule has 0 bridgehead atoms. The van der Waals surface area contributed by atoms with Crippen molar-refractivity contribution in [2.45, 2.75) is 49.6 Å². The van der Waals surface area contributed by atoms with Crippen LogP contribution in [0.2, 0.25) is 0 Å². The first-order valence-electron chi connectivity index (χ1n) is 8.78. The Labute approximate surface area is 170 Å². The molecule has 148 valence electrons. The third-order valence-corrected chi connectivity index (χ3v) is 6.26. The molecule has 2 aromatic rings. The molecular weight excluding hydrogens is 400 g/mol. The lowest BCUT2D eigenvalue weighted by Crippen LogP contribution is -2.15. The number of hydrogen-bond donors (Lipinski definition) is 2. The smallest absolute Gasteiger partial charge is 0.348 e. The summed E-state index contributed by atoms with van der Waals surface area (Å²) >= 11 is 2.39. The molecule has 2 heterocycles. The maximum absolute atomic E-state index is 12.2. The Morgan fingerprint density at radius 3 is 2.79 bits per heavy atom. The number of anilines is 1. The van der Waals surface area contributed by atoms with Crippen molar-refractivity contribution >= 4 is 40.0 Å². The number of nitrogen functional groups attached to an aromatic ring is 1. The fourth-order valence-electron chi connectivity index (χ4n) is 2.73. The van der Waals surface area contributed by atoms with E-state index in [-0.39, 0.29) is 23.6 Å². The summed E-state index contributed by atoms with van der Waals surface area (Å²) in [6, 6.07) is 2.07. The summed E-state index contributed by atoms with van der Waals surface area (Å²) in [5.41, 5.74) is 12.0. The average Bonchev–Trinajstić information content (AvgIpc) is 3.34. The van der Waals surface area contributed by atoms with E-state index < -0.39 is 11.9 Å². The minimum atomic E-state index is -0.495. The van der Waals surface area contributed by atoms with Crippen LogP contribution in [0.5, 0.6) is 0 Å². The van der Waals surface area contributed by atoms with Crippen LogP contribution in [-0.4, -0.2) is 33.2 Å². The zero-order valence-corrected chi connectivity index (χ0v) is 16.9. The maximum Gasteiger partial charge on any atom is 0.348 e. The number of thioether (sulfide) groups is 1. The Kier molecular flexibility index (Phi) is 6.21. The summed E-state index contributed by atoms with van der Waals surface area (Å²) in [4.78, 5) is 23.8. The summed E-state index contributed by atoms with van der Waals surface area (Å²) in [5, 5.41) is 18.8. The highest BCUT2D eigenvalue weighted by molar-refractivity contribution is 7.98. The molecule has 0 spiro atoms. The third-order valence-electron chi connectivity index (χ3n) is 4.22. The van der Waals surface area contributed by atoms with E-state index >= 15 is 0 Å². The van der Waals surface area contributed by atoms with Gasteiger partial charge in [0.15, 0.2) is 5.16 Å². The number of carbonyl (C=O) groups is 2. The lowest BCUT2D eigenvalue weighted by Gasteiger charge is -2.09. The number of nitrogens with zero attached hydrogens (tertiary/aromatic N) is 4. The number of carbonyl (C=O) groups excluding carboxylic acids is 2. The number of rotatable bonds is 9. The highest BCUT2D eigenvalue weighted by Crippen LogP contribution is 2.41. The van der Waals surface area contributed by atoms with Crippen LogP contribution < -0.4 is 11.5 Å². The number of primary amides is 1. The lowest BCUT2D eigenvalue weighted by molar-refractivity contribution is -0.118. The molecule has 1 saturated carbocycles. The molecule has 1 fully saturated rings. The number of nitrogens with two attached hydrogens (primary N) is 2. The molecule has 0 unspecified atom stereocenters. The second-order valence-corrected chi connectivity index (χ2v) is 8.25. The van der Waals surface area contributed by atoms with Crippen molar-refractivity contribution < 1.29 is 14.3 Å². The van der Waals surface area contributed by atoms with E-state index in [2.05, 4.69) is 16.3 Å². The minimum Gasteiger partial charge on any atom is -0.462 e. The quantitative estimate of drug-likeness (QED) is 0.462. The minimum absolute atomic E-state index is 0.189. The largest absolute Gasteiger partial charge is 0.462 e. The molecular formula is C17H20N6O3S2. The Hall–Kier alpha value is -2.58. The van der Waals surface area contributed by atoms with E-state index in [1.165, 1.54) is 11.8 Å². The van der Waals surface area contributed by atoms with Crippen LogP contribution in [0.1, 0.15) is 58.7 Å². The SMILES string of the molecule is CCOC(=O)c1sc(N)c(C#N)c1CSc1nnc(C2CC2)n1CCC(N)=O. The van der Waals surface area contributed by atoms with Gasteiger partial charge in [0.05, 0.1) is 12.2 Å². The molecule has 0 saturated heterocycles. The molecule has 0 atom stereocenters. The number of thiophene rings is 1.